The maximum Gasteiger partial charge on any atom is 0.328 e. The second-order valence-electron chi connectivity index (χ2n) is 28.2. The first-order chi connectivity index (χ1) is 65.8. The molecule has 2 aromatic heterocycles. The second-order valence-corrected chi connectivity index (χ2v) is 516. The number of carbonyl (C=O) groups excluding carboxylic acids is 4. The minimum atomic E-state index is -0.447. The molecule has 8 fully saturated rings. The molecule has 10 heterocycles. The number of esters is 2. The van der Waals surface area contributed by atoms with Gasteiger partial charge in [0.25, 0.3) is 0 Å². The van der Waals surface area contributed by atoms with E-state index >= 15 is 0 Å². The molecule has 740 valence electrons. The van der Waals surface area contributed by atoms with Gasteiger partial charge >= 0.3 is 314 Å². The molecular formula is C96H92Cl4I22N7O8+. The van der Waals surface area contributed by atoms with Crippen LogP contribution in [0.25, 0.3) is 22.9 Å². The SMILES string of the molecule is C#CC.C#CC#CC#CC#CC#CC#CC#CC#CC#CC#CC#CC.Cl.ClCc1coc(-c2ccccc2)n1.II(I)I(I)I(I)I(I)I(I)I(I)I(I)I(I)I(I)I(I)I.NC(=O)c1ccccc1.O=C(CCl)CCl.O=C(O[C@H]1CN2CCC1CC2)C(c1ccccc1)N1CCCCC1.O=C(O[C@H]1C[N+]2(Cc3coc(-c4ccccc4)n3)CCC1CC2)C(c1ccccc1)N1CCCCC1. The van der Waals surface area contributed by atoms with Crippen LogP contribution in [0.15, 0.2) is 173 Å². The number of ether oxygens (including phenoxy) is 2. The van der Waals surface area contributed by atoms with Gasteiger partial charge in [-0.05, 0) is 240 Å². The quantitative estimate of drug-likeness (QED) is 0.0188. The average molecular weight is 4410 g/mol. The van der Waals surface area contributed by atoms with Crippen molar-refractivity contribution in [3.05, 3.63) is 192 Å². The Bertz CT molecular complexity index is 5630. The number of likely N-dealkylation sites (tertiary alicyclic amines) is 2. The van der Waals surface area contributed by atoms with Gasteiger partial charge in [-0.1, -0.05) is 134 Å². The number of Topliss-reactive ketones (excluding diaryl/α,β-unsaturated/α-hetero) is 1. The monoisotopic (exact) mass is 4400 g/mol. The summed E-state index contributed by atoms with van der Waals surface area (Å²) in [6.45, 7) is 14.4. The summed E-state index contributed by atoms with van der Waals surface area (Å²) in [5.41, 5.74) is 11.4. The molecule has 41 heteroatoms. The van der Waals surface area contributed by atoms with Crippen molar-refractivity contribution in [3.63, 3.8) is 0 Å². The Morgan fingerprint density at radius 1 is 0.453 bits per heavy atom. The number of piperidine rings is 8. The molecule has 4 atom stereocenters. The number of ketones is 1. The number of rotatable bonds is 25. The minimum absolute atomic E-state index is 0. The van der Waals surface area contributed by atoms with E-state index in [9.17, 15) is 19.2 Å². The summed E-state index contributed by atoms with van der Waals surface area (Å²) in [4.78, 5) is 63.3. The number of aromatic nitrogens is 2. The topological polar surface area (TPSA) is 175 Å². The number of alkyl halides is 3. The summed E-state index contributed by atoms with van der Waals surface area (Å²) in [6.07, 6.45) is 24.7. The van der Waals surface area contributed by atoms with Crippen LogP contribution in [0.3, 0.4) is 0 Å². The summed E-state index contributed by atoms with van der Waals surface area (Å²) in [5.74, 6) is 56.3. The Morgan fingerprint density at radius 2 is 0.781 bits per heavy atom. The van der Waals surface area contributed by atoms with Gasteiger partial charge in [-0.3, -0.25) is 24.3 Å². The molecule has 2 unspecified atom stereocenters. The molecule has 15 nitrogen and oxygen atoms in total. The molecule has 0 aliphatic carbocycles. The molecule has 8 aliphatic rings. The Hall–Kier alpha value is 4.38. The van der Waals surface area contributed by atoms with Crippen molar-refractivity contribution in [2.75, 3.05) is 77.2 Å². The number of oxazole rings is 2. The first-order valence-electron chi connectivity index (χ1n) is 40.7. The molecule has 2 N–H and O–H groups in total. The van der Waals surface area contributed by atoms with Crippen molar-refractivity contribution < 1.29 is 42.0 Å². The van der Waals surface area contributed by atoms with Crippen molar-refractivity contribution >= 4 is 373 Å². The Morgan fingerprint density at radius 3 is 1.09 bits per heavy atom. The summed E-state index contributed by atoms with van der Waals surface area (Å²) in [6, 6.07) is 48.4. The van der Waals surface area contributed by atoms with Gasteiger partial charge in [0.2, 0.25) is 17.7 Å². The first-order valence-corrected chi connectivity index (χ1v) is 174. The van der Waals surface area contributed by atoms with Gasteiger partial charge < -0.3 is 28.5 Å². The van der Waals surface area contributed by atoms with Crippen molar-refractivity contribution in [1.82, 2.24) is 24.7 Å². The van der Waals surface area contributed by atoms with Gasteiger partial charge in [-0.25, -0.2) is 19.6 Å². The maximum absolute atomic E-state index is 13.7. The summed E-state index contributed by atoms with van der Waals surface area (Å²) >= 11 is 52.3. The van der Waals surface area contributed by atoms with Crippen LogP contribution in [0.5, 0.6) is 0 Å². The van der Waals surface area contributed by atoms with E-state index in [0.717, 1.165) is 123 Å². The zero-order valence-corrected chi connectivity index (χ0v) is 124. The number of terminal acetylenes is 2. The number of nitrogens with zero attached hydrogens (tertiary/aromatic N) is 6. The van der Waals surface area contributed by atoms with Gasteiger partial charge in [0.1, 0.15) is 49.5 Å². The van der Waals surface area contributed by atoms with Gasteiger partial charge in [0, 0.05) is 65.7 Å². The number of primary amides is 1. The second kappa shape index (κ2) is 79.4. The third kappa shape index (κ3) is 51.5. The van der Waals surface area contributed by atoms with E-state index in [0.29, 0.717) is 35.1 Å². The Balaban J connectivity index is 0.000000295. The van der Waals surface area contributed by atoms with Gasteiger partial charge in [0.05, 0.1) is 36.4 Å². The normalized spacial score (nSPS) is 18.1. The zero-order chi connectivity index (χ0) is 98.8. The molecule has 7 aromatic rings. The third-order valence-electron chi connectivity index (χ3n) is 19.6. The van der Waals surface area contributed by atoms with E-state index in [4.69, 9.17) is 70.3 Å². The average Bonchev–Trinajstić information content (AvgIpc) is 1.65. The van der Waals surface area contributed by atoms with Crippen molar-refractivity contribution in [3.8, 4) is 166 Å². The van der Waals surface area contributed by atoms with Crippen molar-refractivity contribution in [1.29, 1.82) is 0 Å². The molecule has 0 saturated carbocycles. The van der Waals surface area contributed by atoms with Crippen molar-refractivity contribution in [2.24, 2.45) is 17.6 Å². The number of hydrogen-bond acceptors (Lipinski definition) is 13. The Labute approximate surface area is 984 Å². The molecular weight excluding hydrogens is 4310 g/mol. The number of carbonyl (C=O) groups is 4. The van der Waals surface area contributed by atoms with E-state index in [2.05, 4.69) is 404 Å². The van der Waals surface area contributed by atoms with Crippen LogP contribution >= 0.6 is 350 Å². The zero-order valence-electron chi connectivity index (χ0n) is 73.1. The molecule has 0 radical (unpaired) electrons. The largest absolute Gasteiger partial charge is 0.459 e. The van der Waals surface area contributed by atoms with Crippen LogP contribution in [0, 0.1) is 155 Å². The minimum Gasteiger partial charge on any atom is -0.459 e. The van der Waals surface area contributed by atoms with Crippen LogP contribution in [-0.4, -0.2) is 142 Å². The maximum atomic E-state index is 13.7. The number of hydrogen-bond donors (Lipinski definition) is 1. The molecule has 4 bridgehead atoms. The molecule has 5 aromatic carbocycles. The molecule has 137 heavy (non-hydrogen) atoms. The van der Waals surface area contributed by atoms with Crippen LogP contribution < -0.4 is 5.73 Å². The van der Waals surface area contributed by atoms with Crippen molar-refractivity contribution in [2.45, 2.75) is 115 Å². The van der Waals surface area contributed by atoms with Gasteiger partial charge in [-0.2, -0.15) is 0 Å². The smallest absolute Gasteiger partial charge is 0.328 e. The van der Waals surface area contributed by atoms with Crippen LogP contribution in [0.1, 0.15) is 123 Å². The molecule has 0 spiro atoms. The summed E-state index contributed by atoms with van der Waals surface area (Å²) in [5, 5.41) is 0. The molecule has 8 aliphatic heterocycles. The standard InChI is InChI=1S/C30H36N3O3.C23H4.C20H28N2O2.C10H8ClNO.C7H7NO.C3H4Cl2O.C3H4.ClH.I22/c34-30(28(24-10-4-1-5-11-24)32-16-8-3-9-17-32)36-27-21-33(18-14-23(27)15-19-33)20-26-22-35-29(31-26)25-12-6-2-7-13-25;1-3-5-7-9-11-13-15-17-19-21-23-22-20-18-16-14-12-10-8-6-4-2;23-20(24-18-15-21-13-9-16(18)10-14-21)19(17-7-3-1-4-8-17)22-11-5-2-6-12-22;11-6-9-7-13-10(12-9)8-4-2-1-3-5-8;8-7(9)6-4-2-1-3-5-6;4-1-3(6)2-5;1-3-2;;1-13(2)15(5)17(7)19(9)21(11)22(12)20(10)18(8)16(6)14(3)4/h1-2,4-7,10-13,22-23,27-28H,3,8-9,14-21H2;1H,2H3;1,3-4,7-8,16,18-19H,2,5-6,9-15H2;1-5,7H,6H2;1-5H,(H2,8,9);1-2H2;1H,2H3;1H;/q+1;;;;;;;;/t23?,27-,28?,33?;;18-,19?;;;;;;/m0.0....../s1. The summed E-state index contributed by atoms with van der Waals surface area (Å²) < 4.78 is 24.5. The van der Waals surface area contributed by atoms with Gasteiger partial charge in [-0.15, -0.1) is 66.0 Å². The fraction of sp³-hybridized carbons (Fsp3) is 0.333. The Kier molecular flexibility index (Phi) is 76.4. The summed E-state index contributed by atoms with van der Waals surface area (Å²) in [7, 11) is -4.20. The number of halogens is 26. The number of fused-ring (bicyclic) bond motifs is 6. The van der Waals surface area contributed by atoms with Crippen LogP contribution in [0.2, 0.25) is 0 Å². The fourth-order valence-corrected chi connectivity index (χ4v) is 3370. The van der Waals surface area contributed by atoms with E-state index in [-0.39, 0.29) is 72.1 Å². The van der Waals surface area contributed by atoms with Crippen LogP contribution in [0.4, 0.5) is 0 Å². The number of benzene rings is 5. The fourth-order valence-electron chi connectivity index (χ4n) is 13.7. The predicted octanol–water partition coefficient (Wildman–Crippen LogP) is 34.2. The number of quaternary nitrogens is 1. The third-order valence-corrected chi connectivity index (χ3v) is 1510. The van der Waals surface area contributed by atoms with E-state index in [1.807, 2.05) is 103 Å². The number of amides is 1. The van der Waals surface area contributed by atoms with Crippen LogP contribution in [-0.2, 0) is 36.3 Å². The van der Waals surface area contributed by atoms with E-state index in [1.165, 1.54) is 51.6 Å². The van der Waals surface area contributed by atoms with E-state index in [1.54, 1.807) is 50.6 Å². The molecule has 1 amide bonds. The molecule has 15 rings (SSSR count). The predicted molar refractivity (Wildman–Crippen MR) is 767 cm³/mol. The van der Waals surface area contributed by atoms with Gasteiger partial charge in [0.15, 0.2) is 11.9 Å². The number of nitrogens with two attached hydrogens (primary N) is 1. The van der Waals surface area contributed by atoms with E-state index < -0.39 is 78.9 Å². The first kappa shape index (κ1) is 132. The molecule has 8 saturated heterocycles.